The molecule has 0 fully saturated rings. The minimum atomic E-state index is -0.599. The van der Waals surface area contributed by atoms with Gasteiger partial charge in [0, 0.05) is 39.8 Å². The van der Waals surface area contributed by atoms with Gasteiger partial charge in [0.1, 0.15) is 30.5 Å². The van der Waals surface area contributed by atoms with Gasteiger partial charge in [-0.3, -0.25) is 14.9 Å². The number of nitro groups is 1. The van der Waals surface area contributed by atoms with Crippen LogP contribution in [-0.2, 0) is 13.2 Å². The molecule has 5 aromatic rings. The number of furan rings is 1. The van der Waals surface area contributed by atoms with Gasteiger partial charge in [-0.05, 0) is 86.1 Å². The van der Waals surface area contributed by atoms with Crippen molar-refractivity contribution in [1.29, 1.82) is 0 Å². The molecule has 43 heavy (non-hydrogen) atoms. The molecule has 0 saturated heterocycles. The number of aromatic nitrogens is 1. The van der Waals surface area contributed by atoms with Gasteiger partial charge in [0.05, 0.1) is 11.1 Å². The van der Waals surface area contributed by atoms with Gasteiger partial charge in [-0.2, -0.15) is 5.10 Å². The summed E-state index contributed by atoms with van der Waals surface area (Å²) in [4.78, 5) is 23.4. The van der Waals surface area contributed by atoms with Crippen molar-refractivity contribution in [2.45, 2.75) is 27.1 Å². The Balaban J connectivity index is 1.18. The normalized spacial score (nSPS) is 11.0. The van der Waals surface area contributed by atoms with Gasteiger partial charge in [0.2, 0.25) is 0 Å². The highest BCUT2D eigenvalue weighted by Crippen LogP contribution is 2.25. The number of ether oxygens (including phenoxy) is 2. The minimum Gasteiger partial charge on any atom is -0.488 e. The maximum atomic E-state index is 12.6. The number of carbonyl (C=O) groups excluding carboxylic acids is 1. The van der Waals surface area contributed by atoms with Crippen LogP contribution in [-0.4, -0.2) is 21.6 Å². The first-order valence-corrected chi connectivity index (χ1v) is 13.6. The number of carbonyl (C=O) groups is 1. The van der Waals surface area contributed by atoms with Crippen LogP contribution in [0.5, 0.6) is 11.5 Å². The quantitative estimate of drug-likeness (QED) is 0.0977. The molecule has 2 aromatic heterocycles. The number of nitrogens with one attached hydrogen (secondary N) is 1. The molecule has 0 saturated carbocycles. The van der Waals surface area contributed by atoms with Crippen LogP contribution in [0.1, 0.15) is 38.8 Å². The molecule has 1 amide bonds. The molecular weight excluding hydrogens is 572 g/mol. The van der Waals surface area contributed by atoms with Gasteiger partial charge in [0.25, 0.3) is 5.69 Å². The monoisotopic (exact) mass is 598 g/mol. The fourth-order valence-corrected chi connectivity index (χ4v) is 4.46. The van der Waals surface area contributed by atoms with Crippen LogP contribution in [0.2, 0.25) is 5.02 Å². The molecule has 0 aliphatic rings. The van der Waals surface area contributed by atoms with Crippen LogP contribution in [0.25, 0.3) is 5.69 Å². The van der Waals surface area contributed by atoms with Gasteiger partial charge >= 0.3 is 5.91 Å². The van der Waals surface area contributed by atoms with E-state index in [0.29, 0.717) is 27.8 Å². The highest BCUT2D eigenvalue weighted by Gasteiger charge is 2.14. The van der Waals surface area contributed by atoms with E-state index in [-0.39, 0.29) is 24.7 Å². The summed E-state index contributed by atoms with van der Waals surface area (Å²) in [7, 11) is 0. The lowest BCUT2D eigenvalue weighted by Crippen LogP contribution is -2.17. The molecule has 0 unspecified atom stereocenters. The Morgan fingerprint density at radius 1 is 0.953 bits per heavy atom. The van der Waals surface area contributed by atoms with E-state index in [2.05, 4.69) is 41.1 Å². The van der Waals surface area contributed by atoms with E-state index in [1.807, 2.05) is 36.4 Å². The molecule has 11 heteroatoms. The van der Waals surface area contributed by atoms with Crippen LogP contribution in [0.3, 0.4) is 0 Å². The summed E-state index contributed by atoms with van der Waals surface area (Å²) >= 11 is 5.93. The zero-order valence-corrected chi connectivity index (χ0v) is 24.1. The van der Waals surface area contributed by atoms with E-state index in [9.17, 15) is 14.9 Å². The van der Waals surface area contributed by atoms with Crippen molar-refractivity contribution < 1.29 is 23.6 Å². The summed E-state index contributed by atoms with van der Waals surface area (Å²) in [6, 6.07) is 26.2. The second-order valence-corrected chi connectivity index (χ2v) is 10.0. The first-order valence-electron chi connectivity index (χ1n) is 13.2. The van der Waals surface area contributed by atoms with E-state index in [1.54, 1.807) is 18.2 Å². The van der Waals surface area contributed by atoms with Crippen molar-refractivity contribution in [3.05, 3.63) is 140 Å². The van der Waals surface area contributed by atoms with Crippen molar-refractivity contribution in [2.75, 3.05) is 0 Å². The third kappa shape index (κ3) is 7.30. The first kappa shape index (κ1) is 29.2. The van der Waals surface area contributed by atoms with Crippen LogP contribution in [0.4, 0.5) is 5.69 Å². The highest BCUT2D eigenvalue weighted by atomic mass is 35.5. The van der Waals surface area contributed by atoms with Crippen molar-refractivity contribution in [3.63, 3.8) is 0 Å². The topological polar surface area (TPSA) is 121 Å². The molecular formula is C32H27ClN4O6. The number of hydrogen-bond donors (Lipinski definition) is 1. The summed E-state index contributed by atoms with van der Waals surface area (Å²) in [6.07, 6.45) is 1.27. The average Bonchev–Trinajstić information content (AvgIpc) is 3.62. The number of nitrogens with zero attached hydrogens (tertiary/aromatic N) is 3. The number of rotatable bonds is 11. The Morgan fingerprint density at radius 2 is 1.67 bits per heavy atom. The second-order valence-electron chi connectivity index (χ2n) is 9.59. The fraction of sp³-hybridized carbons (Fsp3) is 0.125. The summed E-state index contributed by atoms with van der Waals surface area (Å²) in [5.74, 6) is 0.889. The predicted molar refractivity (Wildman–Crippen MR) is 162 cm³/mol. The largest absolute Gasteiger partial charge is 0.488 e. The van der Waals surface area contributed by atoms with Crippen molar-refractivity contribution in [3.8, 4) is 17.2 Å². The number of halogens is 1. The Morgan fingerprint density at radius 3 is 2.37 bits per heavy atom. The van der Waals surface area contributed by atoms with E-state index in [0.717, 1.165) is 22.6 Å². The molecule has 0 spiro atoms. The zero-order chi connectivity index (χ0) is 30.3. The van der Waals surface area contributed by atoms with Gasteiger partial charge in [0.15, 0.2) is 5.76 Å². The number of amides is 1. The van der Waals surface area contributed by atoms with Crippen molar-refractivity contribution >= 4 is 29.4 Å². The average molecular weight is 599 g/mol. The molecule has 10 nitrogen and oxygen atoms in total. The Labute approximate surface area is 252 Å². The smallest absolute Gasteiger partial charge is 0.307 e. The third-order valence-corrected chi connectivity index (χ3v) is 6.77. The molecule has 0 atom stereocenters. The minimum absolute atomic E-state index is 0.0305. The van der Waals surface area contributed by atoms with Crippen molar-refractivity contribution in [2.24, 2.45) is 5.10 Å². The van der Waals surface area contributed by atoms with Gasteiger partial charge in [-0.1, -0.05) is 23.7 Å². The van der Waals surface area contributed by atoms with Gasteiger partial charge < -0.3 is 18.5 Å². The number of hydrogen-bond acceptors (Lipinski definition) is 7. The number of hydrazone groups is 1. The summed E-state index contributed by atoms with van der Waals surface area (Å²) < 4.78 is 19.4. The number of benzene rings is 3. The van der Waals surface area contributed by atoms with Crippen molar-refractivity contribution in [1.82, 2.24) is 9.99 Å². The summed E-state index contributed by atoms with van der Waals surface area (Å²) in [6.45, 7) is 4.43. The van der Waals surface area contributed by atoms with Gasteiger partial charge in [-0.15, -0.1) is 0 Å². The third-order valence-electron chi connectivity index (χ3n) is 6.51. The number of aryl methyl sites for hydroxylation is 2. The molecule has 0 bridgehead atoms. The van der Waals surface area contributed by atoms with Crippen LogP contribution in [0, 0.1) is 24.0 Å². The van der Waals surface area contributed by atoms with Crippen LogP contribution < -0.4 is 14.9 Å². The lowest BCUT2D eigenvalue weighted by atomic mass is 10.2. The molecule has 2 heterocycles. The SMILES string of the molecule is Cc1ccc(C)n1-c1ccc(OCc2ccc(C(=O)N/N=C/c3cc([N+](=O)[O-])ccc3OCc3ccc(Cl)cc3)o2)cc1. The maximum Gasteiger partial charge on any atom is 0.307 e. The highest BCUT2D eigenvalue weighted by molar-refractivity contribution is 6.30. The van der Waals surface area contributed by atoms with E-state index >= 15 is 0 Å². The first-order chi connectivity index (χ1) is 20.8. The molecule has 0 aliphatic heterocycles. The molecule has 3 aromatic carbocycles. The van der Waals surface area contributed by atoms with E-state index in [4.69, 9.17) is 25.5 Å². The predicted octanol–water partition coefficient (Wildman–Crippen LogP) is 7.17. The number of nitro benzene ring substituents is 1. The lowest BCUT2D eigenvalue weighted by molar-refractivity contribution is -0.384. The molecule has 1 N–H and O–H groups in total. The fourth-order valence-electron chi connectivity index (χ4n) is 4.34. The molecule has 218 valence electrons. The van der Waals surface area contributed by atoms with Crippen LogP contribution in [0.15, 0.2) is 101 Å². The number of non-ortho nitro benzene ring substituents is 1. The Bertz CT molecular complexity index is 1760. The summed E-state index contributed by atoms with van der Waals surface area (Å²) in [5, 5.41) is 15.8. The molecule has 0 aliphatic carbocycles. The zero-order valence-electron chi connectivity index (χ0n) is 23.3. The molecule has 5 rings (SSSR count). The van der Waals surface area contributed by atoms with E-state index < -0.39 is 10.8 Å². The van der Waals surface area contributed by atoms with Crippen LogP contribution >= 0.6 is 11.6 Å². The molecule has 0 radical (unpaired) electrons. The summed E-state index contributed by atoms with van der Waals surface area (Å²) in [5.41, 5.74) is 6.72. The second kappa shape index (κ2) is 13.1. The Kier molecular flexibility index (Phi) is 8.88. The Hall–Kier alpha value is -5.35. The maximum absolute atomic E-state index is 12.6. The van der Waals surface area contributed by atoms with E-state index in [1.165, 1.54) is 30.5 Å². The standard InChI is InChI=1S/C32H27ClN4O6/c1-21-3-4-22(2)36(21)26-9-12-28(13-10-26)41-20-29-14-16-31(43-29)32(38)35-34-18-24-17-27(37(39)40)11-15-30(24)42-19-23-5-7-25(33)8-6-23/h3-18H,19-20H2,1-2H3,(H,35,38)/b34-18+. The van der Waals surface area contributed by atoms with Gasteiger partial charge in [-0.25, -0.2) is 5.43 Å². The lowest BCUT2D eigenvalue weighted by Gasteiger charge is -2.10.